The molecule has 0 saturated heterocycles. The second-order valence-corrected chi connectivity index (χ2v) is 7.66. The van der Waals surface area contributed by atoms with Crippen LogP contribution >= 0.6 is 11.3 Å². The highest BCUT2D eigenvalue weighted by Gasteiger charge is 2.18. The Balaban J connectivity index is 1.43. The Kier molecular flexibility index (Phi) is 6.23. The first-order valence-electron chi connectivity index (χ1n) is 8.87. The standard InChI is InChI=1S/C20H24N2O2S/c23-19(21-14-18-6-3-11-25-18)12-16-7-9-17(10-8-16)22-20(24)13-15-4-1-2-5-15/h3,6-11,15H,1-2,4-5,12-14H2,(H,21,23)(H,22,24). The lowest BCUT2D eigenvalue weighted by Crippen LogP contribution is -2.24. The minimum atomic E-state index is 0.00594. The van der Waals surface area contributed by atoms with Gasteiger partial charge in [0.15, 0.2) is 0 Å². The van der Waals surface area contributed by atoms with Gasteiger partial charge in [0.1, 0.15) is 0 Å². The van der Waals surface area contributed by atoms with Gasteiger partial charge in [-0.2, -0.15) is 0 Å². The van der Waals surface area contributed by atoms with E-state index in [1.807, 2.05) is 41.8 Å². The first-order valence-corrected chi connectivity index (χ1v) is 9.75. The topological polar surface area (TPSA) is 58.2 Å². The van der Waals surface area contributed by atoms with Crippen LogP contribution in [0.5, 0.6) is 0 Å². The fraction of sp³-hybridized carbons (Fsp3) is 0.400. The van der Waals surface area contributed by atoms with Crippen LogP contribution in [0.1, 0.15) is 42.5 Å². The zero-order chi connectivity index (χ0) is 17.5. The van der Waals surface area contributed by atoms with Gasteiger partial charge in [0.05, 0.1) is 13.0 Å². The molecule has 0 aliphatic heterocycles. The van der Waals surface area contributed by atoms with Crippen molar-refractivity contribution in [1.82, 2.24) is 5.32 Å². The molecule has 0 unspecified atom stereocenters. The highest BCUT2D eigenvalue weighted by molar-refractivity contribution is 7.09. The molecule has 1 aliphatic rings. The first kappa shape index (κ1) is 17.7. The van der Waals surface area contributed by atoms with E-state index in [2.05, 4.69) is 10.6 Å². The van der Waals surface area contributed by atoms with Crippen molar-refractivity contribution >= 4 is 28.8 Å². The second-order valence-electron chi connectivity index (χ2n) is 6.63. The summed E-state index contributed by atoms with van der Waals surface area (Å²) in [5.74, 6) is 0.645. The Hall–Kier alpha value is -2.14. The van der Waals surface area contributed by atoms with Crippen LogP contribution in [-0.2, 0) is 22.6 Å². The number of hydrogen-bond acceptors (Lipinski definition) is 3. The van der Waals surface area contributed by atoms with Crippen molar-refractivity contribution in [2.45, 2.75) is 45.1 Å². The summed E-state index contributed by atoms with van der Waals surface area (Å²) in [5.41, 5.74) is 1.74. The van der Waals surface area contributed by atoms with Crippen LogP contribution in [0.15, 0.2) is 41.8 Å². The summed E-state index contributed by atoms with van der Waals surface area (Å²) in [6.07, 6.45) is 5.82. The number of hydrogen-bond donors (Lipinski definition) is 2. The Bertz CT molecular complexity index is 689. The molecule has 3 rings (SSSR count). The number of thiophene rings is 1. The number of rotatable bonds is 7. The van der Waals surface area contributed by atoms with Crippen LogP contribution in [0.25, 0.3) is 0 Å². The zero-order valence-electron chi connectivity index (χ0n) is 14.3. The van der Waals surface area contributed by atoms with Crippen LogP contribution < -0.4 is 10.6 Å². The number of carbonyl (C=O) groups excluding carboxylic acids is 2. The number of carbonyl (C=O) groups is 2. The van der Waals surface area contributed by atoms with Crippen LogP contribution in [0.4, 0.5) is 5.69 Å². The predicted molar refractivity (Wildman–Crippen MR) is 102 cm³/mol. The van der Waals surface area contributed by atoms with E-state index >= 15 is 0 Å². The minimum Gasteiger partial charge on any atom is -0.351 e. The van der Waals surface area contributed by atoms with Crippen molar-refractivity contribution in [3.05, 3.63) is 52.2 Å². The Morgan fingerprint density at radius 3 is 2.48 bits per heavy atom. The maximum Gasteiger partial charge on any atom is 0.224 e. The van der Waals surface area contributed by atoms with Gasteiger partial charge in [-0.05, 0) is 47.9 Å². The molecule has 25 heavy (non-hydrogen) atoms. The maximum atomic E-state index is 12.1. The third kappa shape index (κ3) is 5.71. The molecule has 0 atom stereocenters. The lowest BCUT2D eigenvalue weighted by Gasteiger charge is -2.10. The van der Waals surface area contributed by atoms with Gasteiger partial charge in [0, 0.05) is 17.0 Å². The maximum absolute atomic E-state index is 12.1. The zero-order valence-corrected chi connectivity index (χ0v) is 15.1. The van der Waals surface area contributed by atoms with Crippen LogP contribution in [0.3, 0.4) is 0 Å². The minimum absolute atomic E-state index is 0.00594. The van der Waals surface area contributed by atoms with Gasteiger partial charge in [0.25, 0.3) is 0 Å². The first-order chi connectivity index (χ1) is 12.2. The highest BCUT2D eigenvalue weighted by Crippen LogP contribution is 2.27. The molecule has 0 radical (unpaired) electrons. The van der Waals surface area contributed by atoms with Crippen LogP contribution in [-0.4, -0.2) is 11.8 Å². The predicted octanol–water partition coefficient (Wildman–Crippen LogP) is 4.13. The van der Waals surface area contributed by atoms with Gasteiger partial charge >= 0.3 is 0 Å². The van der Waals surface area contributed by atoms with Gasteiger partial charge in [0.2, 0.25) is 11.8 Å². The van der Waals surface area contributed by atoms with Crippen LogP contribution in [0, 0.1) is 5.92 Å². The van der Waals surface area contributed by atoms with E-state index in [-0.39, 0.29) is 11.8 Å². The van der Waals surface area contributed by atoms with Crippen molar-refractivity contribution in [3.8, 4) is 0 Å². The Morgan fingerprint density at radius 1 is 1.04 bits per heavy atom. The van der Waals surface area contributed by atoms with E-state index in [0.717, 1.165) is 16.1 Å². The van der Waals surface area contributed by atoms with Gasteiger partial charge in [-0.3, -0.25) is 9.59 Å². The van der Waals surface area contributed by atoms with Gasteiger partial charge < -0.3 is 10.6 Å². The molecule has 2 aromatic rings. The summed E-state index contributed by atoms with van der Waals surface area (Å²) >= 11 is 1.63. The van der Waals surface area contributed by atoms with E-state index < -0.39 is 0 Å². The van der Waals surface area contributed by atoms with Crippen molar-refractivity contribution in [1.29, 1.82) is 0 Å². The fourth-order valence-corrected chi connectivity index (χ4v) is 3.89. The average molecular weight is 356 g/mol. The molecule has 1 aromatic heterocycles. The molecular formula is C20H24N2O2S. The van der Waals surface area contributed by atoms with Gasteiger partial charge in [-0.15, -0.1) is 11.3 Å². The lowest BCUT2D eigenvalue weighted by molar-refractivity contribution is -0.120. The van der Waals surface area contributed by atoms with E-state index in [1.165, 1.54) is 25.7 Å². The van der Waals surface area contributed by atoms with E-state index in [0.29, 0.717) is 25.3 Å². The summed E-state index contributed by atoms with van der Waals surface area (Å²) < 4.78 is 0. The quantitative estimate of drug-likeness (QED) is 0.784. The molecule has 2 N–H and O–H groups in total. The molecule has 2 amide bonds. The Labute approximate surface area is 152 Å². The average Bonchev–Trinajstić information content (AvgIpc) is 3.28. The summed E-state index contributed by atoms with van der Waals surface area (Å²) in [6, 6.07) is 11.5. The molecule has 1 aliphatic carbocycles. The summed E-state index contributed by atoms with van der Waals surface area (Å²) in [6.45, 7) is 0.575. The third-order valence-corrected chi connectivity index (χ3v) is 5.47. The van der Waals surface area contributed by atoms with E-state index in [1.54, 1.807) is 11.3 Å². The Morgan fingerprint density at radius 2 is 1.80 bits per heavy atom. The molecule has 1 heterocycles. The molecule has 4 nitrogen and oxygen atoms in total. The smallest absolute Gasteiger partial charge is 0.224 e. The summed E-state index contributed by atoms with van der Waals surface area (Å²) in [4.78, 5) is 25.2. The highest BCUT2D eigenvalue weighted by atomic mass is 32.1. The molecule has 0 bridgehead atoms. The second kappa shape index (κ2) is 8.81. The molecule has 1 aromatic carbocycles. The SMILES string of the molecule is O=C(Cc1ccc(NC(=O)CC2CCCC2)cc1)NCc1cccs1. The normalized spacial score (nSPS) is 14.4. The van der Waals surface area contributed by atoms with Crippen LogP contribution in [0.2, 0.25) is 0 Å². The van der Waals surface area contributed by atoms with Crippen molar-refractivity contribution < 1.29 is 9.59 Å². The van der Waals surface area contributed by atoms with E-state index in [9.17, 15) is 9.59 Å². The number of amides is 2. The molecule has 1 fully saturated rings. The summed E-state index contributed by atoms with van der Waals surface area (Å²) in [5, 5.41) is 7.88. The molecule has 1 saturated carbocycles. The van der Waals surface area contributed by atoms with E-state index in [4.69, 9.17) is 0 Å². The molecule has 0 spiro atoms. The molecule has 5 heteroatoms. The largest absolute Gasteiger partial charge is 0.351 e. The summed E-state index contributed by atoms with van der Waals surface area (Å²) in [7, 11) is 0. The lowest BCUT2D eigenvalue weighted by atomic mass is 10.0. The fourth-order valence-electron chi connectivity index (χ4n) is 3.24. The number of benzene rings is 1. The molecular weight excluding hydrogens is 332 g/mol. The van der Waals surface area contributed by atoms with Crippen molar-refractivity contribution in [3.63, 3.8) is 0 Å². The third-order valence-electron chi connectivity index (χ3n) is 4.59. The van der Waals surface area contributed by atoms with Crippen molar-refractivity contribution in [2.24, 2.45) is 5.92 Å². The number of anilines is 1. The monoisotopic (exact) mass is 356 g/mol. The van der Waals surface area contributed by atoms with Gasteiger partial charge in [-0.1, -0.05) is 31.0 Å². The molecule has 132 valence electrons. The van der Waals surface area contributed by atoms with Crippen molar-refractivity contribution in [2.75, 3.05) is 5.32 Å². The number of nitrogens with one attached hydrogen (secondary N) is 2. The van der Waals surface area contributed by atoms with Gasteiger partial charge in [-0.25, -0.2) is 0 Å².